The molecule has 0 radical (unpaired) electrons. The van der Waals surface area contributed by atoms with Gasteiger partial charge in [-0.3, -0.25) is 14.3 Å². The minimum absolute atomic E-state index is 0.0861. The molecule has 2 heterocycles. The largest absolute Gasteiger partial charge is 0.465 e. The van der Waals surface area contributed by atoms with Crippen molar-refractivity contribution in [3.05, 3.63) is 57.0 Å². The Labute approximate surface area is 140 Å². The van der Waals surface area contributed by atoms with Gasteiger partial charge in [0.15, 0.2) is 0 Å². The molecule has 0 aliphatic rings. The molecule has 1 aromatic carbocycles. The average Bonchev–Trinajstić information content (AvgIpc) is 3.05. The first-order valence-corrected chi connectivity index (χ1v) is 7.88. The van der Waals surface area contributed by atoms with Gasteiger partial charge in [0, 0.05) is 5.39 Å². The van der Waals surface area contributed by atoms with Crippen LogP contribution in [0.25, 0.3) is 10.9 Å². The van der Waals surface area contributed by atoms with Crippen molar-refractivity contribution in [2.75, 3.05) is 12.4 Å². The summed E-state index contributed by atoms with van der Waals surface area (Å²) in [7, 11) is 1.28. The van der Waals surface area contributed by atoms with Crippen molar-refractivity contribution >= 4 is 39.8 Å². The zero-order chi connectivity index (χ0) is 17.1. The summed E-state index contributed by atoms with van der Waals surface area (Å²) >= 11 is 1.18. The normalized spacial score (nSPS) is 10.5. The van der Waals surface area contributed by atoms with Crippen molar-refractivity contribution < 1.29 is 14.3 Å². The molecular formula is C16H13N3O4S. The number of aromatic nitrogens is 2. The molecule has 3 aromatic rings. The van der Waals surface area contributed by atoms with Gasteiger partial charge in [-0.15, -0.1) is 11.3 Å². The number of rotatable bonds is 4. The lowest BCUT2D eigenvalue weighted by Gasteiger charge is -2.09. The van der Waals surface area contributed by atoms with E-state index in [2.05, 4.69) is 15.2 Å². The van der Waals surface area contributed by atoms with E-state index in [0.717, 1.165) is 0 Å². The molecule has 0 saturated carbocycles. The summed E-state index contributed by atoms with van der Waals surface area (Å²) in [5.41, 5.74) is 0.758. The number of fused-ring (bicyclic) bond motifs is 1. The zero-order valence-electron chi connectivity index (χ0n) is 12.7. The predicted molar refractivity (Wildman–Crippen MR) is 90.3 cm³/mol. The summed E-state index contributed by atoms with van der Waals surface area (Å²) in [5.74, 6) is -0.868. The molecule has 0 atom stereocenters. The molecule has 122 valence electrons. The minimum Gasteiger partial charge on any atom is -0.465 e. The lowest BCUT2D eigenvalue weighted by molar-refractivity contribution is -0.116. The molecule has 1 N–H and O–H groups in total. The van der Waals surface area contributed by atoms with Gasteiger partial charge in [0.25, 0.3) is 0 Å². The Balaban J connectivity index is 1.84. The predicted octanol–water partition coefficient (Wildman–Crippen LogP) is 1.88. The van der Waals surface area contributed by atoms with E-state index in [1.54, 1.807) is 35.7 Å². The second-order valence-corrected chi connectivity index (χ2v) is 5.80. The molecule has 24 heavy (non-hydrogen) atoms. The number of nitrogens with one attached hydrogen (secondary N) is 1. The van der Waals surface area contributed by atoms with Gasteiger partial charge >= 0.3 is 5.97 Å². The van der Waals surface area contributed by atoms with Crippen LogP contribution in [0.2, 0.25) is 0 Å². The molecule has 0 aliphatic heterocycles. The Hall–Kier alpha value is -3.00. The Morgan fingerprint density at radius 1 is 1.29 bits per heavy atom. The summed E-state index contributed by atoms with van der Waals surface area (Å²) in [6, 6.07) is 8.56. The van der Waals surface area contributed by atoms with E-state index in [-0.39, 0.29) is 17.9 Å². The summed E-state index contributed by atoms with van der Waals surface area (Å²) in [6.07, 6.45) is 1.18. The van der Waals surface area contributed by atoms with Gasteiger partial charge in [-0.2, -0.15) is 5.10 Å². The van der Waals surface area contributed by atoms with E-state index in [0.29, 0.717) is 21.5 Å². The topological polar surface area (TPSA) is 90.3 Å². The van der Waals surface area contributed by atoms with Gasteiger partial charge < -0.3 is 10.1 Å². The summed E-state index contributed by atoms with van der Waals surface area (Å²) in [4.78, 5) is 36.0. The second kappa shape index (κ2) is 6.63. The van der Waals surface area contributed by atoms with Crippen molar-refractivity contribution in [2.24, 2.45) is 0 Å². The number of benzene rings is 1. The van der Waals surface area contributed by atoms with Gasteiger partial charge in [0.2, 0.25) is 11.3 Å². The fraction of sp³-hybridized carbons (Fsp3) is 0.125. The number of carbonyl (C=O) groups excluding carboxylic acids is 2. The summed E-state index contributed by atoms with van der Waals surface area (Å²) in [6.45, 7) is -0.0861. The zero-order valence-corrected chi connectivity index (χ0v) is 13.5. The number of nitrogens with zero attached hydrogens (tertiary/aromatic N) is 2. The number of amides is 1. The standard InChI is InChI=1S/C16H13N3O4S/c1-23-16(22)15-11(6-7-24-15)18-14(21)9-19-12-5-3-2-4-10(12)13(20)8-17-19/h2-8H,9H2,1H3,(H,18,21). The number of hydrogen-bond donors (Lipinski definition) is 1. The van der Waals surface area contributed by atoms with E-state index in [1.807, 2.05) is 0 Å². The van der Waals surface area contributed by atoms with Gasteiger partial charge in [-0.05, 0) is 23.6 Å². The molecule has 0 fully saturated rings. The number of para-hydroxylation sites is 1. The Morgan fingerprint density at radius 3 is 2.88 bits per heavy atom. The molecule has 8 heteroatoms. The second-order valence-electron chi connectivity index (χ2n) is 4.89. The highest BCUT2D eigenvalue weighted by Gasteiger charge is 2.16. The lowest BCUT2D eigenvalue weighted by atomic mass is 10.2. The van der Waals surface area contributed by atoms with Crippen molar-refractivity contribution in [3.63, 3.8) is 0 Å². The highest BCUT2D eigenvalue weighted by molar-refractivity contribution is 7.12. The molecule has 0 saturated heterocycles. The monoisotopic (exact) mass is 343 g/mol. The number of esters is 1. The van der Waals surface area contributed by atoms with Crippen LogP contribution in [0.3, 0.4) is 0 Å². The maximum absolute atomic E-state index is 12.3. The third kappa shape index (κ3) is 3.04. The molecule has 3 rings (SSSR count). The number of ether oxygens (including phenoxy) is 1. The Kier molecular flexibility index (Phi) is 4.39. The van der Waals surface area contributed by atoms with E-state index in [1.165, 1.54) is 29.3 Å². The summed E-state index contributed by atoms with van der Waals surface area (Å²) in [5, 5.41) is 8.85. The maximum atomic E-state index is 12.3. The molecule has 0 unspecified atom stereocenters. The highest BCUT2D eigenvalue weighted by Crippen LogP contribution is 2.23. The molecule has 2 aromatic heterocycles. The number of anilines is 1. The van der Waals surface area contributed by atoms with Gasteiger partial charge in [-0.1, -0.05) is 12.1 Å². The van der Waals surface area contributed by atoms with E-state index < -0.39 is 5.97 Å². The number of thiophene rings is 1. The number of hydrogen-bond acceptors (Lipinski definition) is 6. The fourth-order valence-electron chi connectivity index (χ4n) is 2.27. The van der Waals surface area contributed by atoms with Crippen LogP contribution in [-0.4, -0.2) is 28.8 Å². The van der Waals surface area contributed by atoms with Crippen LogP contribution in [0.4, 0.5) is 5.69 Å². The Morgan fingerprint density at radius 2 is 2.08 bits per heavy atom. The van der Waals surface area contributed by atoms with Gasteiger partial charge in [0.05, 0.1) is 24.5 Å². The smallest absolute Gasteiger partial charge is 0.350 e. The van der Waals surface area contributed by atoms with Crippen molar-refractivity contribution in [3.8, 4) is 0 Å². The molecule has 0 bridgehead atoms. The van der Waals surface area contributed by atoms with Crippen LogP contribution in [-0.2, 0) is 16.1 Å². The maximum Gasteiger partial charge on any atom is 0.350 e. The van der Waals surface area contributed by atoms with Crippen LogP contribution in [0.15, 0.2) is 46.7 Å². The van der Waals surface area contributed by atoms with Crippen molar-refractivity contribution in [1.82, 2.24) is 9.78 Å². The fourth-order valence-corrected chi connectivity index (χ4v) is 3.04. The van der Waals surface area contributed by atoms with Gasteiger partial charge in [0.1, 0.15) is 11.4 Å². The first-order chi connectivity index (χ1) is 11.6. The van der Waals surface area contributed by atoms with Crippen LogP contribution in [0, 0.1) is 0 Å². The summed E-state index contributed by atoms with van der Waals surface area (Å²) < 4.78 is 6.11. The van der Waals surface area contributed by atoms with E-state index in [4.69, 9.17) is 0 Å². The molecule has 0 aliphatic carbocycles. The molecule has 1 amide bonds. The third-order valence-electron chi connectivity index (χ3n) is 3.37. The SMILES string of the molecule is COC(=O)c1sccc1NC(=O)Cn1ncc(=O)c2ccccc21. The van der Waals surface area contributed by atoms with Crippen LogP contribution in [0.1, 0.15) is 9.67 Å². The first kappa shape index (κ1) is 15.9. The first-order valence-electron chi connectivity index (χ1n) is 7.00. The molecule has 7 nitrogen and oxygen atoms in total. The van der Waals surface area contributed by atoms with Crippen molar-refractivity contribution in [1.29, 1.82) is 0 Å². The highest BCUT2D eigenvalue weighted by atomic mass is 32.1. The van der Waals surface area contributed by atoms with E-state index >= 15 is 0 Å². The number of carbonyl (C=O) groups is 2. The lowest BCUT2D eigenvalue weighted by Crippen LogP contribution is -2.23. The quantitative estimate of drug-likeness (QED) is 0.731. The Bertz CT molecular complexity index is 977. The third-order valence-corrected chi connectivity index (χ3v) is 4.26. The molecule has 0 spiro atoms. The van der Waals surface area contributed by atoms with Crippen LogP contribution < -0.4 is 10.7 Å². The van der Waals surface area contributed by atoms with Crippen LogP contribution >= 0.6 is 11.3 Å². The van der Waals surface area contributed by atoms with Gasteiger partial charge in [-0.25, -0.2) is 4.79 Å². The number of methoxy groups -OCH3 is 1. The molecular weight excluding hydrogens is 330 g/mol. The van der Waals surface area contributed by atoms with Crippen molar-refractivity contribution in [2.45, 2.75) is 6.54 Å². The van der Waals surface area contributed by atoms with E-state index in [9.17, 15) is 14.4 Å². The average molecular weight is 343 g/mol. The van der Waals surface area contributed by atoms with Crippen LogP contribution in [0.5, 0.6) is 0 Å². The minimum atomic E-state index is -0.507.